The fraction of sp³-hybridized carbons (Fsp3) is 0.111. The summed E-state index contributed by atoms with van der Waals surface area (Å²) in [6, 6.07) is 21.4. The van der Waals surface area contributed by atoms with Crippen molar-refractivity contribution < 1.29 is 19.5 Å². The Hall–Kier alpha value is -3.95. The molecule has 1 aromatic heterocycles. The predicted octanol–water partition coefficient (Wildman–Crippen LogP) is 6.05. The number of rotatable bonds is 9. The molecule has 0 bridgehead atoms. The lowest BCUT2D eigenvalue weighted by atomic mass is 10.1. The van der Waals surface area contributed by atoms with E-state index in [0.29, 0.717) is 17.2 Å². The van der Waals surface area contributed by atoms with E-state index in [1.807, 2.05) is 36.6 Å². The summed E-state index contributed by atoms with van der Waals surface area (Å²) in [6.07, 6.45) is 2.32. The second kappa shape index (κ2) is 11.7. The van der Waals surface area contributed by atoms with Gasteiger partial charge in [-0.15, -0.1) is 23.1 Å². The number of hydrogen-bond donors (Lipinski definition) is 3. The predicted molar refractivity (Wildman–Crippen MR) is 145 cm³/mol. The maximum atomic E-state index is 13.0. The molecule has 0 aliphatic carbocycles. The number of anilines is 2. The van der Waals surface area contributed by atoms with Crippen LogP contribution in [0.1, 0.15) is 13.3 Å². The zero-order valence-electron chi connectivity index (χ0n) is 19.3. The molecule has 0 aliphatic rings. The van der Waals surface area contributed by atoms with Gasteiger partial charge in [0.1, 0.15) is 0 Å². The highest BCUT2D eigenvalue weighted by atomic mass is 32.2. The van der Waals surface area contributed by atoms with E-state index in [0.717, 1.165) is 39.1 Å². The summed E-state index contributed by atoms with van der Waals surface area (Å²) in [5, 5.41) is 18.6. The van der Waals surface area contributed by atoms with E-state index >= 15 is 0 Å². The van der Waals surface area contributed by atoms with Crippen LogP contribution in [0.3, 0.4) is 0 Å². The third kappa shape index (κ3) is 6.59. The molecule has 3 N–H and O–H groups in total. The SMILES string of the molecule is CCC(Sc1cccc(NC(=O)/C=C/C(=O)O)c1)C(=O)Nc1nc(-c2ccc3ccccc3c2)cs1. The van der Waals surface area contributed by atoms with Gasteiger partial charge in [-0.3, -0.25) is 9.59 Å². The zero-order valence-corrected chi connectivity index (χ0v) is 20.9. The minimum atomic E-state index is -1.20. The summed E-state index contributed by atoms with van der Waals surface area (Å²) in [7, 11) is 0. The number of nitrogens with zero attached hydrogens (tertiary/aromatic N) is 1. The number of aromatic nitrogens is 1. The summed E-state index contributed by atoms with van der Waals surface area (Å²) >= 11 is 2.76. The van der Waals surface area contributed by atoms with Gasteiger partial charge >= 0.3 is 5.97 Å². The van der Waals surface area contributed by atoms with Gasteiger partial charge in [-0.05, 0) is 41.5 Å². The highest BCUT2D eigenvalue weighted by Crippen LogP contribution is 2.31. The van der Waals surface area contributed by atoms with E-state index < -0.39 is 11.9 Å². The standard InChI is InChI=1S/C27H23N3O4S2/c1-2-23(36-21-9-5-8-20(15-21)28-24(31)12-13-25(32)33)26(34)30-27-29-22(16-35-27)19-11-10-17-6-3-4-7-18(17)14-19/h3-16,23H,2H2,1H3,(H,28,31)(H,32,33)(H,29,30,34)/b13-12+. The highest BCUT2D eigenvalue weighted by Gasteiger charge is 2.20. The van der Waals surface area contributed by atoms with E-state index in [1.165, 1.54) is 23.1 Å². The Bertz CT molecular complexity index is 1450. The van der Waals surface area contributed by atoms with Crippen LogP contribution < -0.4 is 10.6 Å². The van der Waals surface area contributed by atoms with Crippen molar-refractivity contribution in [3.8, 4) is 11.3 Å². The monoisotopic (exact) mass is 517 g/mol. The van der Waals surface area contributed by atoms with Crippen LogP contribution >= 0.6 is 23.1 Å². The number of aliphatic carboxylic acids is 1. The van der Waals surface area contributed by atoms with Crippen LogP contribution in [0.25, 0.3) is 22.0 Å². The Morgan fingerprint density at radius 2 is 1.81 bits per heavy atom. The van der Waals surface area contributed by atoms with Crippen molar-refractivity contribution in [2.75, 3.05) is 10.6 Å². The molecule has 9 heteroatoms. The number of carboxylic acids is 1. The first-order valence-corrected chi connectivity index (χ1v) is 12.9. The molecule has 0 saturated carbocycles. The first-order valence-electron chi connectivity index (χ1n) is 11.2. The zero-order chi connectivity index (χ0) is 25.5. The van der Waals surface area contributed by atoms with Crippen LogP contribution in [-0.4, -0.2) is 33.1 Å². The molecule has 2 amide bonds. The number of carbonyl (C=O) groups excluding carboxylic acids is 2. The van der Waals surface area contributed by atoms with Crippen LogP contribution in [0, 0.1) is 0 Å². The van der Waals surface area contributed by atoms with E-state index in [9.17, 15) is 14.4 Å². The summed E-state index contributed by atoms with van der Waals surface area (Å²) in [4.78, 5) is 40.8. The fourth-order valence-corrected chi connectivity index (χ4v) is 5.20. The van der Waals surface area contributed by atoms with Gasteiger partial charge in [0.2, 0.25) is 11.8 Å². The van der Waals surface area contributed by atoms with Crippen LogP contribution in [-0.2, 0) is 14.4 Å². The molecule has 0 radical (unpaired) electrons. The lowest BCUT2D eigenvalue weighted by molar-refractivity contribution is -0.131. The van der Waals surface area contributed by atoms with Crippen molar-refractivity contribution in [3.63, 3.8) is 0 Å². The first kappa shape index (κ1) is 25.2. The van der Waals surface area contributed by atoms with Crippen molar-refractivity contribution in [2.45, 2.75) is 23.5 Å². The molecule has 3 aromatic carbocycles. The van der Waals surface area contributed by atoms with Crippen molar-refractivity contribution >= 4 is 62.5 Å². The molecule has 7 nitrogen and oxygen atoms in total. The quantitative estimate of drug-likeness (QED) is 0.184. The van der Waals surface area contributed by atoms with Gasteiger partial charge in [0.05, 0.1) is 10.9 Å². The average molecular weight is 518 g/mol. The van der Waals surface area contributed by atoms with Gasteiger partial charge in [-0.25, -0.2) is 9.78 Å². The largest absolute Gasteiger partial charge is 0.478 e. The number of nitrogens with one attached hydrogen (secondary N) is 2. The minimum absolute atomic E-state index is 0.152. The van der Waals surface area contributed by atoms with Crippen LogP contribution in [0.5, 0.6) is 0 Å². The molecule has 36 heavy (non-hydrogen) atoms. The fourth-order valence-electron chi connectivity index (χ4n) is 3.46. The maximum Gasteiger partial charge on any atom is 0.328 e. The third-order valence-electron chi connectivity index (χ3n) is 5.20. The van der Waals surface area contributed by atoms with Gasteiger partial charge in [-0.2, -0.15) is 0 Å². The average Bonchev–Trinajstić information content (AvgIpc) is 3.34. The summed E-state index contributed by atoms with van der Waals surface area (Å²) in [5.74, 6) is -1.90. The Balaban J connectivity index is 1.40. The molecule has 0 fully saturated rings. The lowest BCUT2D eigenvalue weighted by Crippen LogP contribution is -2.24. The Morgan fingerprint density at radius 1 is 1.00 bits per heavy atom. The molecule has 1 heterocycles. The number of carboxylic acid groups (broad SMARTS) is 1. The molecule has 1 atom stereocenters. The molecule has 1 unspecified atom stereocenters. The number of thiazole rings is 1. The normalized spacial score (nSPS) is 11.9. The second-order valence-corrected chi connectivity index (χ2v) is 9.93. The highest BCUT2D eigenvalue weighted by molar-refractivity contribution is 8.00. The van der Waals surface area contributed by atoms with Gasteiger partial charge < -0.3 is 15.7 Å². The molecule has 4 aromatic rings. The van der Waals surface area contributed by atoms with E-state index in [-0.39, 0.29) is 11.2 Å². The Morgan fingerprint density at radius 3 is 2.58 bits per heavy atom. The minimum Gasteiger partial charge on any atom is -0.478 e. The Kier molecular flexibility index (Phi) is 8.14. The van der Waals surface area contributed by atoms with Gasteiger partial charge in [0.25, 0.3) is 0 Å². The molecule has 4 rings (SSSR count). The van der Waals surface area contributed by atoms with Crippen molar-refractivity contribution in [3.05, 3.63) is 84.3 Å². The van der Waals surface area contributed by atoms with E-state index in [1.54, 1.807) is 18.2 Å². The van der Waals surface area contributed by atoms with Crippen LogP contribution in [0.4, 0.5) is 10.8 Å². The third-order valence-corrected chi connectivity index (χ3v) is 7.32. The number of carbonyl (C=O) groups is 3. The van der Waals surface area contributed by atoms with Crippen LogP contribution in [0.2, 0.25) is 0 Å². The van der Waals surface area contributed by atoms with Crippen molar-refractivity contribution in [2.24, 2.45) is 0 Å². The van der Waals surface area contributed by atoms with Crippen LogP contribution in [0.15, 0.2) is 89.2 Å². The molecule has 0 saturated heterocycles. The number of fused-ring (bicyclic) bond motifs is 1. The van der Waals surface area contributed by atoms with Crippen molar-refractivity contribution in [1.29, 1.82) is 0 Å². The number of benzene rings is 3. The number of hydrogen-bond acceptors (Lipinski definition) is 6. The van der Waals surface area contributed by atoms with Crippen molar-refractivity contribution in [1.82, 2.24) is 4.98 Å². The molecule has 182 valence electrons. The topological polar surface area (TPSA) is 108 Å². The smallest absolute Gasteiger partial charge is 0.328 e. The molecule has 0 aliphatic heterocycles. The summed E-state index contributed by atoms with van der Waals surface area (Å²) in [5.41, 5.74) is 2.31. The molecular weight excluding hydrogens is 494 g/mol. The van der Waals surface area contributed by atoms with Gasteiger partial charge in [0, 0.05) is 33.7 Å². The van der Waals surface area contributed by atoms with E-state index in [4.69, 9.17) is 5.11 Å². The first-order chi connectivity index (χ1) is 17.4. The van der Waals surface area contributed by atoms with Gasteiger partial charge in [-0.1, -0.05) is 49.4 Å². The maximum absolute atomic E-state index is 13.0. The number of thioether (sulfide) groups is 1. The molecular formula is C27H23N3O4S2. The molecule has 0 spiro atoms. The second-order valence-electron chi connectivity index (χ2n) is 7.79. The number of amides is 2. The lowest BCUT2D eigenvalue weighted by Gasteiger charge is -2.14. The summed E-state index contributed by atoms with van der Waals surface area (Å²) < 4.78 is 0. The van der Waals surface area contributed by atoms with Gasteiger partial charge in [0.15, 0.2) is 5.13 Å². The van der Waals surface area contributed by atoms with E-state index in [2.05, 4.69) is 39.9 Å². The Labute approximate surface area is 216 Å². The summed E-state index contributed by atoms with van der Waals surface area (Å²) in [6.45, 7) is 1.93.